The standard InChI is InChI=1S/C12H16N4O2/c1-2-10(17-5-1)6-11-15-12(18-16-11)4-3-9-7-13-14-8-9/h7-8,10H,1-6H2,(H,13,14). The first-order valence-corrected chi connectivity index (χ1v) is 6.31. The summed E-state index contributed by atoms with van der Waals surface area (Å²) in [4.78, 5) is 4.38. The number of ether oxygens (including phenoxy) is 1. The molecule has 1 saturated heterocycles. The van der Waals surface area contributed by atoms with E-state index in [1.807, 2.05) is 12.4 Å². The highest BCUT2D eigenvalue weighted by Crippen LogP contribution is 2.16. The fourth-order valence-corrected chi connectivity index (χ4v) is 2.15. The van der Waals surface area contributed by atoms with Gasteiger partial charge in [0.05, 0.1) is 12.3 Å². The summed E-state index contributed by atoms with van der Waals surface area (Å²) in [7, 11) is 0. The summed E-state index contributed by atoms with van der Waals surface area (Å²) in [5.74, 6) is 1.44. The van der Waals surface area contributed by atoms with Gasteiger partial charge in [-0.2, -0.15) is 10.1 Å². The average molecular weight is 248 g/mol. The Morgan fingerprint density at radius 1 is 1.39 bits per heavy atom. The molecule has 1 fully saturated rings. The lowest BCUT2D eigenvalue weighted by Crippen LogP contribution is -2.09. The molecule has 1 atom stereocenters. The quantitative estimate of drug-likeness (QED) is 0.863. The molecular weight excluding hydrogens is 232 g/mol. The highest BCUT2D eigenvalue weighted by atomic mass is 16.5. The van der Waals surface area contributed by atoms with Crippen molar-refractivity contribution in [3.05, 3.63) is 29.7 Å². The highest BCUT2D eigenvalue weighted by molar-refractivity contribution is 5.04. The molecule has 1 aliphatic heterocycles. The molecule has 0 aliphatic carbocycles. The van der Waals surface area contributed by atoms with Crippen LogP contribution in [0.3, 0.4) is 0 Å². The van der Waals surface area contributed by atoms with Gasteiger partial charge in [-0.05, 0) is 24.8 Å². The van der Waals surface area contributed by atoms with Gasteiger partial charge in [-0.3, -0.25) is 5.10 Å². The van der Waals surface area contributed by atoms with E-state index in [1.165, 1.54) is 0 Å². The predicted molar refractivity (Wildman–Crippen MR) is 63.0 cm³/mol. The second-order valence-electron chi connectivity index (χ2n) is 4.55. The van der Waals surface area contributed by atoms with Crippen LogP contribution in [-0.4, -0.2) is 33.0 Å². The summed E-state index contributed by atoms with van der Waals surface area (Å²) in [6.45, 7) is 0.857. The topological polar surface area (TPSA) is 76.8 Å². The van der Waals surface area contributed by atoms with Crippen LogP contribution in [0.5, 0.6) is 0 Å². The lowest BCUT2D eigenvalue weighted by atomic mass is 10.2. The van der Waals surface area contributed by atoms with E-state index < -0.39 is 0 Å². The normalized spacial score (nSPS) is 19.4. The lowest BCUT2D eigenvalue weighted by molar-refractivity contribution is 0.109. The monoisotopic (exact) mass is 248 g/mol. The average Bonchev–Trinajstić information content (AvgIpc) is 3.09. The number of hydrogen-bond acceptors (Lipinski definition) is 5. The van der Waals surface area contributed by atoms with E-state index in [0.717, 1.165) is 50.1 Å². The number of nitrogens with one attached hydrogen (secondary N) is 1. The number of H-pyrrole nitrogens is 1. The third-order valence-electron chi connectivity index (χ3n) is 3.13. The molecule has 0 spiro atoms. The summed E-state index contributed by atoms with van der Waals surface area (Å²) >= 11 is 0. The minimum Gasteiger partial charge on any atom is -0.378 e. The van der Waals surface area contributed by atoms with Gasteiger partial charge in [0, 0.05) is 25.6 Å². The smallest absolute Gasteiger partial charge is 0.226 e. The first kappa shape index (κ1) is 11.4. The van der Waals surface area contributed by atoms with Gasteiger partial charge in [0.15, 0.2) is 5.82 Å². The van der Waals surface area contributed by atoms with Crippen molar-refractivity contribution in [3.8, 4) is 0 Å². The van der Waals surface area contributed by atoms with Crippen molar-refractivity contribution in [2.45, 2.75) is 38.2 Å². The van der Waals surface area contributed by atoms with Crippen molar-refractivity contribution in [1.29, 1.82) is 0 Å². The molecule has 0 radical (unpaired) electrons. The van der Waals surface area contributed by atoms with Crippen molar-refractivity contribution < 1.29 is 9.26 Å². The van der Waals surface area contributed by atoms with E-state index in [-0.39, 0.29) is 6.10 Å². The zero-order valence-electron chi connectivity index (χ0n) is 10.1. The van der Waals surface area contributed by atoms with E-state index in [0.29, 0.717) is 5.89 Å². The number of aryl methyl sites for hydroxylation is 2. The third kappa shape index (κ3) is 2.76. The van der Waals surface area contributed by atoms with E-state index in [1.54, 1.807) is 0 Å². The number of nitrogens with zero attached hydrogens (tertiary/aromatic N) is 3. The molecule has 0 bridgehead atoms. The first-order chi connectivity index (χ1) is 8.90. The maximum absolute atomic E-state index is 5.55. The Kier molecular flexibility index (Phi) is 3.36. The Morgan fingerprint density at radius 3 is 3.17 bits per heavy atom. The molecule has 6 nitrogen and oxygen atoms in total. The van der Waals surface area contributed by atoms with Crippen molar-refractivity contribution in [2.24, 2.45) is 0 Å². The number of aromatic nitrogens is 4. The Morgan fingerprint density at radius 2 is 2.39 bits per heavy atom. The Balaban J connectivity index is 1.52. The van der Waals surface area contributed by atoms with Crippen LogP contribution in [0.4, 0.5) is 0 Å². The van der Waals surface area contributed by atoms with Crippen LogP contribution in [0.15, 0.2) is 16.9 Å². The van der Waals surface area contributed by atoms with E-state index in [2.05, 4.69) is 20.3 Å². The Labute approximate surface area is 105 Å². The third-order valence-corrected chi connectivity index (χ3v) is 3.13. The molecule has 3 rings (SSSR count). The molecule has 1 N–H and O–H groups in total. The van der Waals surface area contributed by atoms with Crippen LogP contribution < -0.4 is 0 Å². The van der Waals surface area contributed by atoms with Crippen molar-refractivity contribution in [2.75, 3.05) is 6.61 Å². The molecule has 3 heterocycles. The Hall–Kier alpha value is -1.69. The van der Waals surface area contributed by atoms with Crippen molar-refractivity contribution in [1.82, 2.24) is 20.3 Å². The number of hydrogen-bond donors (Lipinski definition) is 1. The molecular formula is C12H16N4O2. The second-order valence-corrected chi connectivity index (χ2v) is 4.55. The Bertz CT molecular complexity index is 474. The molecule has 96 valence electrons. The van der Waals surface area contributed by atoms with Gasteiger partial charge in [0.1, 0.15) is 0 Å². The van der Waals surface area contributed by atoms with Crippen LogP contribution in [0.1, 0.15) is 30.1 Å². The largest absolute Gasteiger partial charge is 0.378 e. The molecule has 0 saturated carbocycles. The maximum atomic E-state index is 5.55. The van der Waals surface area contributed by atoms with Gasteiger partial charge in [-0.25, -0.2) is 0 Å². The fraction of sp³-hybridized carbons (Fsp3) is 0.583. The van der Waals surface area contributed by atoms with Crippen molar-refractivity contribution in [3.63, 3.8) is 0 Å². The summed E-state index contributed by atoms with van der Waals surface area (Å²) in [5.41, 5.74) is 1.15. The molecule has 1 aliphatic rings. The van der Waals surface area contributed by atoms with Gasteiger partial charge in [-0.1, -0.05) is 5.16 Å². The number of rotatable bonds is 5. The highest BCUT2D eigenvalue weighted by Gasteiger charge is 2.18. The van der Waals surface area contributed by atoms with E-state index in [4.69, 9.17) is 9.26 Å². The number of aromatic amines is 1. The van der Waals surface area contributed by atoms with Gasteiger partial charge in [-0.15, -0.1) is 0 Å². The first-order valence-electron chi connectivity index (χ1n) is 6.31. The summed E-state index contributed by atoms with van der Waals surface area (Å²) in [6.07, 6.45) is 8.55. The molecule has 0 aromatic carbocycles. The molecule has 18 heavy (non-hydrogen) atoms. The summed E-state index contributed by atoms with van der Waals surface area (Å²) < 4.78 is 10.8. The van der Waals surface area contributed by atoms with Gasteiger partial charge in [0.2, 0.25) is 5.89 Å². The van der Waals surface area contributed by atoms with E-state index >= 15 is 0 Å². The summed E-state index contributed by atoms with van der Waals surface area (Å²) in [6, 6.07) is 0. The maximum Gasteiger partial charge on any atom is 0.226 e. The molecule has 1 unspecified atom stereocenters. The molecule has 6 heteroatoms. The predicted octanol–water partition coefficient (Wildman–Crippen LogP) is 1.30. The second kappa shape index (κ2) is 5.30. The van der Waals surface area contributed by atoms with Crippen LogP contribution >= 0.6 is 0 Å². The van der Waals surface area contributed by atoms with Crippen LogP contribution in [0.2, 0.25) is 0 Å². The molecule has 2 aromatic rings. The summed E-state index contributed by atoms with van der Waals surface area (Å²) in [5, 5.41) is 10.7. The van der Waals surface area contributed by atoms with Gasteiger partial charge in [0.25, 0.3) is 0 Å². The van der Waals surface area contributed by atoms with Crippen LogP contribution in [0, 0.1) is 0 Å². The van der Waals surface area contributed by atoms with Gasteiger partial charge < -0.3 is 9.26 Å². The minimum atomic E-state index is 0.268. The van der Waals surface area contributed by atoms with Crippen LogP contribution in [0.25, 0.3) is 0 Å². The minimum absolute atomic E-state index is 0.268. The van der Waals surface area contributed by atoms with E-state index in [9.17, 15) is 0 Å². The SMILES string of the molecule is c1n[nH]cc1CCc1nc(CC2CCCO2)no1. The zero-order chi connectivity index (χ0) is 12.2. The van der Waals surface area contributed by atoms with Crippen molar-refractivity contribution >= 4 is 0 Å². The van der Waals surface area contributed by atoms with Crippen LogP contribution in [-0.2, 0) is 24.0 Å². The zero-order valence-corrected chi connectivity index (χ0v) is 10.1. The lowest BCUT2D eigenvalue weighted by Gasteiger charge is -2.03. The molecule has 0 amide bonds. The molecule has 2 aromatic heterocycles. The van der Waals surface area contributed by atoms with Gasteiger partial charge >= 0.3 is 0 Å². The fourth-order valence-electron chi connectivity index (χ4n) is 2.15.